The average molecular weight is 514 g/mol. The number of benzene rings is 1. The molecule has 1 aromatic rings. The SMILES string of the molecule is CNC[C@H](CC1CCCCC1)NC(=O)N1CCO[C@@H]([C@@H](OCCCOC)c2cccc(Cl)c2F)C1. The minimum Gasteiger partial charge on any atom is -0.385 e. The molecule has 2 amide bonds. The van der Waals surface area contributed by atoms with Crippen LogP contribution in [-0.2, 0) is 14.2 Å². The average Bonchev–Trinajstić information content (AvgIpc) is 2.87. The number of nitrogens with one attached hydrogen (secondary N) is 2. The van der Waals surface area contributed by atoms with Gasteiger partial charge in [0, 0.05) is 45.0 Å². The molecule has 1 aliphatic heterocycles. The molecule has 1 aromatic carbocycles. The van der Waals surface area contributed by atoms with Crippen LogP contribution in [0.1, 0.15) is 56.6 Å². The first-order valence-corrected chi connectivity index (χ1v) is 13.3. The maximum Gasteiger partial charge on any atom is 0.317 e. The smallest absolute Gasteiger partial charge is 0.317 e. The fourth-order valence-electron chi connectivity index (χ4n) is 5.13. The minimum absolute atomic E-state index is 0.0380. The maximum atomic E-state index is 14.9. The Hall–Kier alpha value is -1.45. The molecule has 3 atom stereocenters. The van der Waals surface area contributed by atoms with Crippen molar-refractivity contribution >= 4 is 17.6 Å². The molecule has 3 rings (SSSR count). The fourth-order valence-corrected chi connectivity index (χ4v) is 5.31. The van der Waals surface area contributed by atoms with Crippen molar-refractivity contribution in [2.75, 3.05) is 53.6 Å². The molecule has 198 valence electrons. The molecule has 2 fully saturated rings. The van der Waals surface area contributed by atoms with Gasteiger partial charge in [0.2, 0.25) is 0 Å². The van der Waals surface area contributed by atoms with Gasteiger partial charge < -0.3 is 29.7 Å². The van der Waals surface area contributed by atoms with Gasteiger partial charge in [0.15, 0.2) is 0 Å². The highest BCUT2D eigenvalue weighted by Gasteiger charge is 2.34. The highest BCUT2D eigenvalue weighted by atomic mass is 35.5. The summed E-state index contributed by atoms with van der Waals surface area (Å²) in [6.07, 6.45) is 6.81. The highest BCUT2D eigenvalue weighted by molar-refractivity contribution is 6.30. The molecule has 1 saturated heterocycles. The zero-order chi connectivity index (χ0) is 25.0. The third-order valence-corrected chi connectivity index (χ3v) is 7.21. The van der Waals surface area contributed by atoms with E-state index in [9.17, 15) is 9.18 Å². The van der Waals surface area contributed by atoms with Crippen LogP contribution in [-0.4, -0.2) is 76.7 Å². The second-order valence-corrected chi connectivity index (χ2v) is 9.99. The van der Waals surface area contributed by atoms with Crippen molar-refractivity contribution in [3.63, 3.8) is 0 Å². The van der Waals surface area contributed by atoms with E-state index in [0.29, 0.717) is 50.8 Å². The van der Waals surface area contributed by atoms with Gasteiger partial charge in [-0.2, -0.15) is 0 Å². The van der Waals surface area contributed by atoms with E-state index in [-0.39, 0.29) is 17.1 Å². The molecule has 1 saturated carbocycles. The number of rotatable bonds is 12. The summed E-state index contributed by atoms with van der Waals surface area (Å²) >= 11 is 6.05. The first-order valence-electron chi connectivity index (χ1n) is 12.9. The van der Waals surface area contributed by atoms with Gasteiger partial charge in [0.1, 0.15) is 18.0 Å². The summed E-state index contributed by atoms with van der Waals surface area (Å²) in [5.41, 5.74) is 0.340. The summed E-state index contributed by atoms with van der Waals surface area (Å²) < 4.78 is 32.1. The van der Waals surface area contributed by atoms with Gasteiger partial charge in [0.05, 0.1) is 18.2 Å². The Morgan fingerprint density at radius 3 is 2.83 bits per heavy atom. The van der Waals surface area contributed by atoms with Crippen LogP contribution in [0.4, 0.5) is 9.18 Å². The van der Waals surface area contributed by atoms with Crippen molar-refractivity contribution in [1.29, 1.82) is 0 Å². The number of nitrogens with zero attached hydrogens (tertiary/aromatic N) is 1. The summed E-state index contributed by atoms with van der Waals surface area (Å²) in [6.45, 7) is 2.79. The van der Waals surface area contributed by atoms with Gasteiger partial charge in [-0.25, -0.2) is 9.18 Å². The monoisotopic (exact) mass is 513 g/mol. The molecule has 1 heterocycles. The van der Waals surface area contributed by atoms with E-state index in [4.69, 9.17) is 25.8 Å². The van der Waals surface area contributed by atoms with E-state index in [1.807, 2.05) is 7.05 Å². The highest BCUT2D eigenvalue weighted by Crippen LogP contribution is 2.32. The number of methoxy groups -OCH3 is 1. The number of urea groups is 1. The molecule has 7 nitrogen and oxygen atoms in total. The van der Waals surface area contributed by atoms with E-state index in [1.165, 1.54) is 38.2 Å². The number of carbonyl (C=O) groups excluding carboxylic acids is 1. The van der Waals surface area contributed by atoms with Crippen molar-refractivity contribution in [2.24, 2.45) is 5.92 Å². The number of hydrogen-bond acceptors (Lipinski definition) is 5. The van der Waals surface area contributed by atoms with Crippen LogP contribution in [0.2, 0.25) is 5.02 Å². The molecule has 9 heteroatoms. The summed E-state index contributed by atoms with van der Waals surface area (Å²) in [4.78, 5) is 15.0. The quantitative estimate of drug-likeness (QED) is 0.401. The number of amides is 2. The summed E-state index contributed by atoms with van der Waals surface area (Å²) in [6, 6.07) is 4.84. The zero-order valence-corrected chi connectivity index (χ0v) is 21.8. The fraction of sp³-hybridized carbons (Fsp3) is 0.731. The Bertz CT molecular complexity index is 781. The van der Waals surface area contributed by atoms with Crippen molar-refractivity contribution in [2.45, 2.75) is 63.2 Å². The normalized spacial score (nSPS) is 21.0. The first kappa shape index (κ1) is 28.1. The Labute approximate surface area is 214 Å². The number of hydrogen-bond donors (Lipinski definition) is 2. The zero-order valence-electron chi connectivity index (χ0n) is 21.1. The van der Waals surface area contributed by atoms with E-state index in [1.54, 1.807) is 24.1 Å². The van der Waals surface area contributed by atoms with Crippen molar-refractivity contribution in [3.05, 3.63) is 34.6 Å². The van der Waals surface area contributed by atoms with Crippen LogP contribution < -0.4 is 10.6 Å². The third kappa shape index (κ3) is 8.57. The Balaban J connectivity index is 1.66. The van der Waals surface area contributed by atoms with Gasteiger partial charge in [-0.05, 0) is 31.9 Å². The number of carbonyl (C=O) groups is 1. The predicted molar refractivity (Wildman–Crippen MR) is 135 cm³/mol. The number of halogens is 2. The van der Waals surface area contributed by atoms with Crippen molar-refractivity contribution in [3.8, 4) is 0 Å². The van der Waals surface area contributed by atoms with E-state index >= 15 is 0 Å². The molecule has 1 aliphatic carbocycles. The van der Waals surface area contributed by atoms with E-state index < -0.39 is 18.0 Å². The number of morpholine rings is 1. The van der Waals surface area contributed by atoms with E-state index in [0.717, 1.165) is 13.0 Å². The molecule has 0 spiro atoms. The van der Waals surface area contributed by atoms with Crippen LogP contribution >= 0.6 is 11.6 Å². The second-order valence-electron chi connectivity index (χ2n) is 9.58. The van der Waals surface area contributed by atoms with Gasteiger partial charge in [0.25, 0.3) is 0 Å². The maximum absolute atomic E-state index is 14.9. The summed E-state index contributed by atoms with van der Waals surface area (Å²) in [5, 5.41) is 6.49. The molecule has 0 unspecified atom stereocenters. The van der Waals surface area contributed by atoms with Gasteiger partial charge >= 0.3 is 6.03 Å². The van der Waals surface area contributed by atoms with Gasteiger partial charge in [-0.15, -0.1) is 0 Å². The number of likely N-dealkylation sites (N-methyl/N-ethyl adjacent to an activating group) is 1. The topological polar surface area (TPSA) is 72.1 Å². The van der Waals surface area contributed by atoms with Crippen molar-refractivity contribution < 1.29 is 23.4 Å². The molecule has 0 aromatic heterocycles. The standard InChI is InChI=1S/C26H41ClFN3O4/c1-29-17-20(16-19-8-4-3-5-9-19)30-26(32)31-12-15-34-23(18-31)25(35-14-7-13-33-2)21-10-6-11-22(27)24(21)28/h6,10-11,19-20,23,25,29H,3-5,7-9,12-18H2,1-2H3,(H,30,32)/t20-,23+,25-/m0/s1. The Kier molecular flexibility index (Phi) is 12.0. The van der Waals surface area contributed by atoms with Crippen molar-refractivity contribution in [1.82, 2.24) is 15.5 Å². The largest absolute Gasteiger partial charge is 0.385 e. The predicted octanol–water partition coefficient (Wildman–Crippen LogP) is 4.54. The van der Waals surface area contributed by atoms with Crippen LogP contribution in [0.5, 0.6) is 0 Å². The Morgan fingerprint density at radius 2 is 2.09 bits per heavy atom. The molecular weight excluding hydrogens is 473 g/mol. The molecule has 35 heavy (non-hydrogen) atoms. The van der Waals surface area contributed by atoms with E-state index in [2.05, 4.69) is 10.6 Å². The lowest BCUT2D eigenvalue weighted by molar-refractivity contribution is -0.108. The lowest BCUT2D eigenvalue weighted by Crippen LogP contribution is -2.54. The molecule has 2 N–H and O–H groups in total. The third-order valence-electron chi connectivity index (χ3n) is 6.92. The number of ether oxygens (including phenoxy) is 3. The molecular formula is C26H41ClFN3O4. The lowest BCUT2D eigenvalue weighted by Gasteiger charge is -2.38. The minimum atomic E-state index is -0.684. The summed E-state index contributed by atoms with van der Waals surface area (Å²) in [5.74, 6) is 0.146. The van der Waals surface area contributed by atoms with Gasteiger partial charge in [-0.1, -0.05) is 55.8 Å². The van der Waals surface area contributed by atoms with Crippen LogP contribution in [0.25, 0.3) is 0 Å². The molecule has 2 aliphatic rings. The first-order chi connectivity index (χ1) is 17.0. The van der Waals surface area contributed by atoms with Crippen LogP contribution in [0.3, 0.4) is 0 Å². The van der Waals surface area contributed by atoms with Crippen LogP contribution in [0.15, 0.2) is 18.2 Å². The lowest BCUT2D eigenvalue weighted by atomic mass is 9.85. The van der Waals surface area contributed by atoms with Crippen LogP contribution in [0, 0.1) is 11.7 Å². The molecule has 0 radical (unpaired) electrons. The Morgan fingerprint density at radius 1 is 1.29 bits per heavy atom. The van der Waals surface area contributed by atoms with Gasteiger partial charge in [-0.3, -0.25) is 0 Å². The summed E-state index contributed by atoms with van der Waals surface area (Å²) in [7, 11) is 3.54. The second kappa shape index (κ2) is 15.0. The molecule has 0 bridgehead atoms.